The van der Waals surface area contributed by atoms with Crippen molar-refractivity contribution in [2.45, 2.75) is 6.42 Å². The maximum atomic E-state index is 5.30. The van der Waals surface area contributed by atoms with Crippen LogP contribution < -0.4 is 10.1 Å². The molecule has 0 saturated carbocycles. The maximum absolute atomic E-state index is 5.30. The van der Waals surface area contributed by atoms with Gasteiger partial charge in [-0.25, -0.2) is 4.99 Å². The molecule has 0 atom stereocenters. The number of methoxy groups -OCH3 is 1. The second-order valence-corrected chi connectivity index (χ2v) is 6.57. The van der Waals surface area contributed by atoms with Gasteiger partial charge in [-0.05, 0) is 36.8 Å². The molecular weight excluding hydrogens is 324 g/mol. The minimum absolute atomic E-state index is 0.816. The number of anilines is 1. The third kappa shape index (κ3) is 2.31. The minimum Gasteiger partial charge on any atom is -0.497 e. The van der Waals surface area contributed by atoms with E-state index in [0.717, 1.165) is 66.0 Å². The SMILES string of the molecule is COc1ccc(C2=NC3=C(CCNc4ccccc43)C3=NCCN32)cc1. The topological polar surface area (TPSA) is 49.2 Å². The molecule has 0 fully saturated rings. The van der Waals surface area contributed by atoms with E-state index >= 15 is 0 Å². The lowest BCUT2D eigenvalue weighted by Gasteiger charge is -2.29. The second-order valence-electron chi connectivity index (χ2n) is 6.57. The Balaban J connectivity index is 1.69. The normalized spacial score (nSPS) is 18.1. The fourth-order valence-electron chi connectivity index (χ4n) is 3.83. The Morgan fingerprint density at radius 1 is 1.04 bits per heavy atom. The first-order valence-corrected chi connectivity index (χ1v) is 8.97. The van der Waals surface area contributed by atoms with Gasteiger partial charge in [0.2, 0.25) is 0 Å². The fourth-order valence-corrected chi connectivity index (χ4v) is 3.83. The Bertz CT molecular complexity index is 956. The molecule has 0 aromatic heterocycles. The lowest BCUT2D eigenvalue weighted by atomic mass is 10.00. The summed E-state index contributed by atoms with van der Waals surface area (Å²) in [5, 5.41) is 3.53. The molecule has 130 valence electrons. The monoisotopic (exact) mass is 344 g/mol. The summed E-state index contributed by atoms with van der Waals surface area (Å²) >= 11 is 0. The summed E-state index contributed by atoms with van der Waals surface area (Å²) in [6, 6.07) is 16.5. The second kappa shape index (κ2) is 6.02. The Labute approximate surface area is 152 Å². The molecule has 2 aromatic carbocycles. The molecule has 0 radical (unpaired) electrons. The van der Waals surface area contributed by atoms with Crippen molar-refractivity contribution in [3.05, 3.63) is 65.2 Å². The molecule has 3 aliphatic rings. The number of hydrogen-bond donors (Lipinski definition) is 1. The predicted molar refractivity (Wildman–Crippen MR) is 105 cm³/mol. The lowest BCUT2D eigenvalue weighted by Crippen LogP contribution is -2.38. The summed E-state index contributed by atoms with van der Waals surface area (Å²) in [5.74, 6) is 2.91. The summed E-state index contributed by atoms with van der Waals surface area (Å²) in [5.41, 5.74) is 5.68. The Kier molecular flexibility index (Phi) is 3.52. The highest BCUT2D eigenvalue weighted by molar-refractivity contribution is 6.22. The fraction of sp³-hybridized carbons (Fsp3) is 0.238. The highest BCUT2D eigenvalue weighted by Gasteiger charge is 2.33. The first-order valence-electron chi connectivity index (χ1n) is 8.97. The van der Waals surface area contributed by atoms with Crippen molar-refractivity contribution >= 4 is 23.1 Å². The molecule has 0 aliphatic carbocycles. The van der Waals surface area contributed by atoms with E-state index in [1.165, 1.54) is 5.57 Å². The van der Waals surface area contributed by atoms with E-state index in [1.54, 1.807) is 7.11 Å². The molecule has 3 aliphatic heterocycles. The molecule has 0 bridgehead atoms. The van der Waals surface area contributed by atoms with Crippen LogP contribution in [0.25, 0.3) is 5.70 Å². The van der Waals surface area contributed by atoms with E-state index in [4.69, 9.17) is 14.7 Å². The third-order valence-corrected chi connectivity index (χ3v) is 5.09. The number of rotatable bonds is 2. The molecule has 26 heavy (non-hydrogen) atoms. The summed E-state index contributed by atoms with van der Waals surface area (Å²) in [6.45, 7) is 2.60. The highest BCUT2D eigenvalue weighted by atomic mass is 16.5. The van der Waals surface area contributed by atoms with Crippen LogP contribution in [-0.4, -0.2) is 43.3 Å². The van der Waals surface area contributed by atoms with Crippen LogP contribution in [0.5, 0.6) is 5.75 Å². The number of para-hydroxylation sites is 1. The van der Waals surface area contributed by atoms with Gasteiger partial charge in [0.05, 0.1) is 19.4 Å². The van der Waals surface area contributed by atoms with Gasteiger partial charge in [-0.3, -0.25) is 4.99 Å². The van der Waals surface area contributed by atoms with E-state index in [-0.39, 0.29) is 0 Å². The molecule has 1 N–H and O–H groups in total. The van der Waals surface area contributed by atoms with Crippen LogP contribution in [0.15, 0.2) is 64.1 Å². The van der Waals surface area contributed by atoms with Gasteiger partial charge < -0.3 is 15.0 Å². The number of fused-ring (bicyclic) bond motifs is 4. The summed E-state index contributed by atoms with van der Waals surface area (Å²) in [6.07, 6.45) is 0.929. The van der Waals surface area contributed by atoms with Crippen molar-refractivity contribution in [2.75, 3.05) is 32.1 Å². The number of aliphatic imine (C=N–C) groups is 2. The molecule has 0 amide bonds. The largest absolute Gasteiger partial charge is 0.497 e. The van der Waals surface area contributed by atoms with Crippen LogP contribution in [0.4, 0.5) is 5.69 Å². The van der Waals surface area contributed by atoms with Crippen LogP contribution >= 0.6 is 0 Å². The quantitative estimate of drug-likeness (QED) is 0.908. The average Bonchev–Trinajstić information content (AvgIpc) is 3.11. The number of nitrogens with zero attached hydrogens (tertiary/aromatic N) is 3. The zero-order chi connectivity index (χ0) is 17.5. The van der Waals surface area contributed by atoms with Crippen molar-refractivity contribution in [1.29, 1.82) is 0 Å². The number of ether oxygens (including phenoxy) is 1. The van der Waals surface area contributed by atoms with Crippen molar-refractivity contribution in [3.8, 4) is 5.75 Å². The summed E-state index contributed by atoms with van der Waals surface area (Å²) in [7, 11) is 1.69. The predicted octanol–water partition coefficient (Wildman–Crippen LogP) is 3.40. The van der Waals surface area contributed by atoms with E-state index in [9.17, 15) is 0 Å². The third-order valence-electron chi connectivity index (χ3n) is 5.09. The molecule has 5 rings (SSSR count). The van der Waals surface area contributed by atoms with Crippen LogP contribution in [-0.2, 0) is 0 Å². The van der Waals surface area contributed by atoms with Gasteiger partial charge in [0.1, 0.15) is 17.4 Å². The molecule has 2 aromatic rings. The Morgan fingerprint density at radius 2 is 1.88 bits per heavy atom. The van der Waals surface area contributed by atoms with Gasteiger partial charge in [0, 0.05) is 35.5 Å². The van der Waals surface area contributed by atoms with Crippen molar-refractivity contribution in [3.63, 3.8) is 0 Å². The Morgan fingerprint density at radius 3 is 2.73 bits per heavy atom. The number of benzene rings is 2. The molecule has 5 nitrogen and oxygen atoms in total. The first-order chi connectivity index (χ1) is 12.8. The zero-order valence-corrected chi connectivity index (χ0v) is 14.7. The van der Waals surface area contributed by atoms with Crippen LogP contribution in [0.1, 0.15) is 17.5 Å². The van der Waals surface area contributed by atoms with Gasteiger partial charge in [-0.15, -0.1) is 0 Å². The standard InChI is InChI=1S/C21H20N4O/c1-26-15-8-6-14(7-9-15)20-24-19-16-4-2-3-5-18(16)22-11-10-17(19)21-23-12-13-25(20)21/h2-9,22H,10-13H2,1H3. The molecule has 0 unspecified atom stereocenters. The summed E-state index contributed by atoms with van der Waals surface area (Å²) in [4.78, 5) is 12.2. The molecule has 0 saturated heterocycles. The van der Waals surface area contributed by atoms with Crippen LogP contribution in [0.2, 0.25) is 0 Å². The van der Waals surface area contributed by atoms with E-state index in [0.29, 0.717) is 0 Å². The van der Waals surface area contributed by atoms with Crippen LogP contribution in [0.3, 0.4) is 0 Å². The van der Waals surface area contributed by atoms with Gasteiger partial charge in [-0.1, -0.05) is 18.2 Å². The highest BCUT2D eigenvalue weighted by Crippen LogP contribution is 2.37. The zero-order valence-electron chi connectivity index (χ0n) is 14.7. The number of hydrogen-bond acceptors (Lipinski definition) is 5. The van der Waals surface area contributed by atoms with Gasteiger partial charge in [-0.2, -0.15) is 0 Å². The van der Waals surface area contributed by atoms with Crippen LogP contribution in [0, 0.1) is 0 Å². The van der Waals surface area contributed by atoms with E-state index in [2.05, 4.69) is 46.6 Å². The summed E-state index contributed by atoms with van der Waals surface area (Å²) < 4.78 is 5.30. The van der Waals surface area contributed by atoms with Gasteiger partial charge >= 0.3 is 0 Å². The first kappa shape index (κ1) is 15.2. The van der Waals surface area contributed by atoms with Crippen molar-refractivity contribution in [2.24, 2.45) is 9.98 Å². The van der Waals surface area contributed by atoms with Gasteiger partial charge in [0.15, 0.2) is 0 Å². The van der Waals surface area contributed by atoms with Gasteiger partial charge in [0.25, 0.3) is 0 Å². The van der Waals surface area contributed by atoms with Crippen molar-refractivity contribution < 1.29 is 4.74 Å². The molecule has 3 heterocycles. The molecule has 5 heteroatoms. The maximum Gasteiger partial charge on any atom is 0.142 e. The lowest BCUT2D eigenvalue weighted by molar-refractivity contribution is 0.415. The molecular formula is C21H20N4O. The smallest absolute Gasteiger partial charge is 0.142 e. The number of amidine groups is 2. The Hall–Kier alpha value is -3.08. The molecule has 0 spiro atoms. The number of nitrogens with one attached hydrogen (secondary N) is 1. The van der Waals surface area contributed by atoms with E-state index in [1.807, 2.05) is 12.1 Å². The minimum atomic E-state index is 0.816. The average molecular weight is 344 g/mol. The van der Waals surface area contributed by atoms with Crippen molar-refractivity contribution in [1.82, 2.24) is 4.90 Å². The van der Waals surface area contributed by atoms with E-state index < -0.39 is 0 Å².